The van der Waals surface area contributed by atoms with Gasteiger partial charge in [-0.1, -0.05) is 0 Å². The minimum absolute atomic E-state index is 0.0355. The van der Waals surface area contributed by atoms with Crippen molar-refractivity contribution in [3.8, 4) is 11.5 Å². The molecule has 0 aliphatic carbocycles. The van der Waals surface area contributed by atoms with Gasteiger partial charge in [-0.2, -0.15) is 0 Å². The van der Waals surface area contributed by atoms with E-state index in [1.165, 1.54) is 20.3 Å². The predicted molar refractivity (Wildman–Crippen MR) is 55.7 cm³/mol. The van der Waals surface area contributed by atoms with Crippen LogP contribution in [0.25, 0.3) is 0 Å². The first-order valence-electron chi connectivity index (χ1n) is 4.27. The molecular formula is C10H13NO4. The molecule has 0 heterocycles. The molecule has 0 aliphatic heterocycles. The Labute approximate surface area is 87.4 Å². The van der Waals surface area contributed by atoms with E-state index in [1.807, 2.05) is 0 Å². The van der Waals surface area contributed by atoms with Crippen molar-refractivity contribution in [3.05, 3.63) is 17.2 Å². The maximum absolute atomic E-state index is 10.9. The van der Waals surface area contributed by atoms with Crippen molar-refractivity contribution < 1.29 is 19.4 Å². The van der Waals surface area contributed by atoms with Crippen molar-refractivity contribution in [3.63, 3.8) is 0 Å². The number of ether oxygens (including phenoxy) is 2. The molecule has 5 nitrogen and oxygen atoms in total. The third kappa shape index (κ3) is 1.81. The van der Waals surface area contributed by atoms with E-state index in [0.717, 1.165) is 0 Å². The van der Waals surface area contributed by atoms with Gasteiger partial charge in [0.15, 0.2) is 0 Å². The summed E-state index contributed by atoms with van der Waals surface area (Å²) in [5, 5.41) is 8.93. The molecule has 0 unspecified atom stereocenters. The number of carboxylic acid groups (broad SMARTS) is 1. The highest BCUT2D eigenvalue weighted by molar-refractivity contribution is 5.93. The van der Waals surface area contributed by atoms with E-state index >= 15 is 0 Å². The minimum Gasteiger partial charge on any atom is -0.495 e. The van der Waals surface area contributed by atoms with Crippen LogP contribution in [0.15, 0.2) is 6.07 Å². The number of hydrogen-bond donors (Lipinski definition) is 2. The fraction of sp³-hybridized carbons (Fsp3) is 0.300. The number of nitrogens with two attached hydrogens (primary N) is 1. The Bertz CT molecular complexity index is 401. The number of methoxy groups -OCH3 is 2. The second-order valence-corrected chi connectivity index (χ2v) is 3.01. The van der Waals surface area contributed by atoms with Crippen molar-refractivity contribution in [1.82, 2.24) is 0 Å². The number of benzene rings is 1. The molecule has 0 amide bonds. The number of aromatic carboxylic acids is 1. The standard InChI is InChI=1S/C10H13NO4/c1-5-8(14-2)6(10(12)13)4-7(11)9(5)15-3/h4H,11H2,1-3H3,(H,12,13). The maximum atomic E-state index is 10.9. The van der Waals surface area contributed by atoms with Gasteiger partial charge >= 0.3 is 5.97 Å². The van der Waals surface area contributed by atoms with Crippen molar-refractivity contribution in [2.75, 3.05) is 20.0 Å². The van der Waals surface area contributed by atoms with Crippen LogP contribution in [0.3, 0.4) is 0 Å². The minimum atomic E-state index is -1.08. The molecule has 1 aromatic rings. The van der Waals surface area contributed by atoms with Gasteiger partial charge in [0.05, 0.1) is 19.9 Å². The fourth-order valence-corrected chi connectivity index (χ4v) is 1.50. The van der Waals surface area contributed by atoms with Gasteiger partial charge in [-0.15, -0.1) is 0 Å². The zero-order valence-electron chi connectivity index (χ0n) is 8.83. The average Bonchev–Trinajstić information content (AvgIpc) is 2.17. The smallest absolute Gasteiger partial charge is 0.339 e. The van der Waals surface area contributed by atoms with Crippen LogP contribution in [-0.4, -0.2) is 25.3 Å². The van der Waals surface area contributed by atoms with E-state index in [9.17, 15) is 4.79 Å². The summed E-state index contributed by atoms with van der Waals surface area (Å²) >= 11 is 0. The molecule has 1 aromatic carbocycles. The maximum Gasteiger partial charge on any atom is 0.339 e. The number of anilines is 1. The number of hydrogen-bond acceptors (Lipinski definition) is 4. The molecule has 0 bridgehead atoms. The summed E-state index contributed by atoms with van der Waals surface area (Å²) in [5.74, 6) is -0.366. The highest BCUT2D eigenvalue weighted by atomic mass is 16.5. The van der Waals surface area contributed by atoms with Crippen molar-refractivity contribution >= 4 is 11.7 Å². The quantitative estimate of drug-likeness (QED) is 0.736. The topological polar surface area (TPSA) is 81.8 Å². The van der Waals surface area contributed by atoms with Crippen molar-refractivity contribution in [2.24, 2.45) is 0 Å². The molecule has 0 atom stereocenters. The van der Waals surface area contributed by atoms with Crippen LogP contribution in [0.2, 0.25) is 0 Å². The summed E-state index contributed by atoms with van der Waals surface area (Å²) in [7, 11) is 2.88. The summed E-state index contributed by atoms with van der Waals surface area (Å²) in [5.41, 5.74) is 6.55. The molecule has 0 fully saturated rings. The van der Waals surface area contributed by atoms with Gasteiger partial charge in [-0.25, -0.2) is 4.79 Å². The third-order valence-electron chi connectivity index (χ3n) is 2.13. The van der Waals surface area contributed by atoms with Gasteiger partial charge in [0.2, 0.25) is 0 Å². The van der Waals surface area contributed by atoms with Crippen LogP contribution < -0.4 is 15.2 Å². The Kier molecular flexibility index (Phi) is 3.04. The predicted octanol–water partition coefficient (Wildman–Crippen LogP) is 1.29. The van der Waals surface area contributed by atoms with Crippen molar-refractivity contribution in [1.29, 1.82) is 0 Å². The first-order valence-corrected chi connectivity index (χ1v) is 4.27. The van der Waals surface area contributed by atoms with Crippen LogP contribution in [0.4, 0.5) is 5.69 Å². The molecule has 0 radical (unpaired) electrons. The third-order valence-corrected chi connectivity index (χ3v) is 2.13. The molecule has 0 aliphatic rings. The molecule has 15 heavy (non-hydrogen) atoms. The molecule has 0 saturated carbocycles. The fourth-order valence-electron chi connectivity index (χ4n) is 1.50. The van der Waals surface area contributed by atoms with E-state index in [0.29, 0.717) is 11.3 Å². The molecule has 5 heteroatoms. The van der Waals surface area contributed by atoms with E-state index in [1.54, 1.807) is 6.92 Å². The zero-order valence-corrected chi connectivity index (χ0v) is 8.83. The highest BCUT2D eigenvalue weighted by Gasteiger charge is 2.19. The Balaban J connectivity index is 3.51. The van der Waals surface area contributed by atoms with Crippen LogP contribution in [-0.2, 0) is 0 Å². The van der Waals surface area contributed by atoms with Gasteiger partial charge in [-0.3, -0.25) is 0 Å². The van der Waals surface area contributed by atoms with Gasteiger partial charge in [0.1, 0.15) is 17.1 Å². The largest absolute Gasteiger partial charge is 0.495 e. The Morgan fingerprint density at radius 2 is 1.87 bits per heavy atom. The molecule has 0 spiro atoms. The molecule has 3 N–H and O–H groups in total. The Hall–Kier alpha value is -1.91. The number of rotatable bonds is 3. The van der Waals surface area contributed by atoms with E-state index in [2.05, 4.69) is 0 Å². The zero-order chi connectivity index (χ0) is 11.6. The lowest BCUT2D eigenvalue weighted by molar-refractivity contribution is 0.0693. The van der Waals surface area contributed by atoms with Crippen LogP contribution >= 0.6 is 0 Å². The van der Waals surface area contributed by atoms with Crippen LogP contribution in [0, 0.1) is 6.92 Å². The SMILES string of the molecule is COc1c(N)cc(C(=O)O)c(OC)c1C. The van der Waals surface area contributed by atoms with Crippen LogP contribution in [0.1, 0.15) is 15.9 Å². The average molecular weight is 211 g/mol. The normalized spacial score (nSPS) is 9.80. The molecular weight excluding hydrogens is 198 g/mol. The van der Waals surface area contributed by atoms with Gasteiger partial charge < -0.3 is 20.3 Å². The summed E-state index contributed by atoms with van der Waals surface area (Å²) in [4.78, 5) is 10.9. The molecule has 0 aromatic heterocycles. The highest BCUT2D eigenvalue weighted by Crippen LogP contribution is 2.36. The number of nitrogen functional groups attached to an aromatic ring is 1. The number of carboxylic acids is 1. The van der Waals surface area contributed by atoms with E-state index in [-0.39, 0.29) is 17.0 Å². The van der Waals surface area contributed by atoms with Gasteiger partial charge in [0, 0.05) is 5.56 Å². The Morgan fingerprint density at radius 1 is 1.33 bits per heavy atom. The summed E-state index contributed by atoms with van der Waals surface area (Å²) in [6, 6.07) is 1.33. The first-order chi connectivity index (χ1) is 7.02. The second kappa shape index (κ2) is 4.08. The monoisotopic (exact) mass is 211 g/mol. The van der Waals surface area contributed by atoms with Crippen molar-refractivity contribution in [2.45, 2.75) is 6.92 Å². The number of carbonyl (C=O) groups is 1. The molecule has 82 valence electrons. The Morgan fingerprint density at radius 3 is 2.27 bits per heavy atom. The lowest BCUT2D eigenvalue weighted by atomic mass is 10.1. The second-order valence-electron chi connectivity index (χ2n) is 3.01. The molecule has 0 saturated heterocycles. The summed E-state index contributed by atoms with van der Waals surface area (Å²) < 4.78 is 10.1. The van der Waals surface area contributed by atoms with Crippen LogP contribution in [0.5, 0.6) is 11.5 Å². The lowest BCUT2D eigenvalue weighted by Gasteiger charge is -2.14. The van der Waals surface area contributed by atoms with E-state index in [4.69, 9.17) is 20.3 Å². The van der Waals surface area contributed by atoms with Gasteiger partial charge in [0.25, 0.3) is 0 Å². The summed E-state index contributed by atoms with van der Waals surface area (Å²) in [6.07, 6.45) is 0. The summed E-state index contributed by atoms with van der Waals surface area (Å²) in [6.45, 7) is 1.69. The lowest BCUT2D eigenvalue weighted by Crippen LogP contribution is -2.06. The first kappa shape index (κ1) is 11.2. The molecule has 1 rings (SSSR count). The van der Waals surface area contributed by atoms with Gasteiger partial charge in [-0.05, 0) is 13.0 Å². The van der Waals surface area contributed by atoms with E-state index < -0.39 is 5.97 Å².